The molecule has 0 radical (unpaired) electrons. The van der Waals surface area contributed by atoms with Gasteiger partial charge in [0.25, 0.3) is 0 Å². The van der Waals surface area contributed by atoms with Gasteiger partial charge in [-0.05, 0) is 51.5 Å². The number of carbonyl (C=O) groups is 1. The van der Waals surface area contributed by atoms with Crippen molar-refractivity contribution in [2.24, 2.45) is 5.92 Å². The molecule has 1 aromatic heterocycles. The topological polar surface area (TPSA) is 49.0 Å². The number of allylic oxidation sites excluding steroid dienone is 2. The number of H-pyrrole nitrogens is 1. The van der Waals surface area contributed by atoms with Crippen LogP contribution in [0.4, 0.5) is 0 Å². The van der Waals surface area contributed by atoms with Gasteiger partial charge in [0.2, 0.25) is 5.91 Å². The van der Waals surface area contributed by atoms with Gasteiger partial charge < -0.3 is 4.90 Å². The van der Waals surface area contributed by atoms with Crippen molar-refractivity contribution >= 4 is 5.91 Å². The third-order valence-corrected chi connectivity index (χ3v) is 4.20. The number of nitrogens with one attached hydrogen (secondary N) is 1. The maximum Gasteiger partial charge on any atom is 0.225 e. The van der Waals surface area contributed by atoms with Gasteiger partial charge in [-0.2, -0.15) is 5.10 Å². The van der Waals surface area contributed by atoms with Gasteiger partial charge in [-0.15, -0.1) is 0 Å². The van der Waals surface area contributed by atoms with Crippen molar-refractivity contribution in [3.05, 3.63) is 29.1 Å². The molecule has 0 saturated heterocycles. The standard InChI is InChI=1S/C16H25N3O/c1-12-15(13(2)18-17-12)10-7-11-19(3)16(20)14-8-5-4-6-9-14/h4-5,14H,6-11H2,1-3H3,(H,17,18). The first-order valence-corrected chi connectivity index (χ1v) is 7.50. The van der Waals surface area contributed by atoms with Crippen LogP contribution in [0.3, 0.4) is 0 Å². The van der Waals surface area contributed by atoms with E-state index in [1.807, 2.05) is 18.9 Å². The highest BCUT2D eigenvalue weighted by Crippen LogP contribution is 2.20. The van der Waals surface area contributed by atoms with Crippen LogP contribution in [0.25, 0.3) is 0 Å². The molecule has 4 nitrogen and oxygen atoms in total. The molecule has 1 atom stereocenters. The van der Waals surface area contributed by atoms with Crippen LogP contribution in [0.15, 0.2) is 12.2 Å². The Morgan fingerprint density at radius 2 is 2.25 bits per heavy atom. The Morgan fingerprint density at radius 1 is 1.45 bits per heavy atom. The minimum Gasteiger partial charge on any atom is -0.346 e. The molecule has 0 fully saturated rings. The van der Waals surface area contributed by atoms with Crippen LogP contribution < -0.4 is 0 Å². The summed E-state index contributed by atoms with van der Waals surface area (Å²) in [4.78, 5) is 14.2. The van der Waals surface area contributed by atoms with Gasteiger partial charge in [0.15, 0.2) is 0 Å². The van der Waals surface area contributed by atoms with E-state index in [4.69, 9.17) is 0 Å². The summed E-state index contributed by atoms with van der Waals surface area (Å²) in [6.45, 7) is 4.91. The highest BCUT2D eigenvalue weighted by molar-refractivity contribution is 5.78. The minimum atomic E-state index is 0.197. The summed E-state index contributed by atoms with van der Waals surface area (Å²) in [6.07, 6.45) is 9.23. The van der Waals surface area contributed by atoms with Crippen molar-refractivity contribution in [1.82, 2.24) is 15.1 Å². The van der Waals surface area contributed by atoms with Crippen molar-refractivity contribution in [1.29, 1.82) is 0 Å². The molecule has 1 aliphatic carbocycles. The third kappa shape index (κ3) is 3.50. The number of nitrogens with zero attached hydrogens (tertiary/aromatic N) is 2. The van der Waals surface area contributed by atoms with E-state index in [1.54, 1.807) is 0 Å². The van der Waals surface area contributed by atoms with Gasteiger partial charge in [-0.3, -0.25) is 9.89 Å². The number of carbonyl (C=O) groups excluding carboxylic acids is 1. The van der Waals surface area contributed by atoms with E-state index in [-0.39, 0.29) is 5.92 Å². The SMILES string of the molecule is Cc1n[nH]c(C)c1CCCN(C)C(=O)C1CC=CCC1. The molecule has 1 aliphatic rings. The number of aryl methyl sites for hydroxylation is 2. The predicted molar refractivity (Wildman–Crippen MR) is 80.5 cm³/mol. The number of amides is 1. The molecule has 1 N–H and O–H groups in total. The monoisotopic (exact) mass is 275 g/mol. The van der Waals surface area contributed by atoms with Crippen LogP contribution in [0.5, 0.6) is 0 Å². The van der Waals surface area contributed by atoms with Gasteiger partial charge in [0.05, 0.1) is 5.69 Å². The number of aromatic amines is 1. The molecule has 0 saturated carbocycles. The Morgan fingerprint density at radius 3 is 2.85 bits per heavy atom. The molecule has 110 valence electrons. The molecular formula is C16H25N3O. The van der Waals surface area contributed by atoms with E-state index in [9.17, 15) is 4.79 Å². The first-order valence-electron chi connectivity index (χ1n) is 7.50. The van der Waals surface area contributed by atoms with Gasteiger partial charge in [-0.1, -0.05) is 12.2 Å². The zero-order valence-electron chi connectivity index (χ0n) is 12.8. The fourth-order valence-electron chi connectivity index (χ4n) is 2.88. The average Bonchev–Trinajstić information content (AvgIpc) is 2.79. The Bertz CT molecular complexity index is 470. The summed E-state index contributed by atoms with van der Waals surface area (Å²) in [5.74, 6) is 0.498. The zero-order chi connectivity index (χ0) is 14.5. The van der Waals surface area contributed by atoms with Crippen LogP contribution in [0, 0.1) is 19.8 Å². The van der Waals surface area contributed by atoms with E-state index in [1.165, 1.54) is 5.56 Å². The zero-order valence-corrected chi connectivity index (χ0v) is 12.8. The van der Waals surface area contributed by atoms with Gasteiger partial charge in [-0.25, -0.2) is 0 Å². The average molecular weight is 275 g/mol. The van der Waals surface area contributed by atoms with E-state index in [0.29, 0.717) is 5.91 Å². The van der Waals surface area contributed by atoms with Crippen LogP contribution in [-0.2, 0) is 11.2 Å². The van der Waals surface area contributed by atoms with E-state index < -0.39 is 0 Å². The fourth-order valence-corrected chi connectivity index (χ4v) is 2.88. The molecule has 0 aliphatic heterocycles. The molecule has 0 aromatic carbocycles. The second-order valence-corrected chi connectivity index (χ2v) is 5.76. The number of aromatic nitrogens is 2. The molecule has 2 rings (SSSR count). The Labute approximate surface area is 121 Å². The summed E-state index contributed by atoms with van der Waals surface area (Å²) in [7, 11) is 1.93. The first kappa shape index (κ1) is 14.8. The molecule has 0 bridgehead atoms. The molecule has 0 spiro atoms. The normalized spacial score (nSPS) is 18.2. The second-order valence-electron chi connectivity index (χ2n) is 5.76. The van der Waals surface area contributed by atoms with E-state index in [2.05, 4.69) is 29.3 Å². The summed E-state index contributed by atoms with van der Waals surface area (Å²) in [5.41, 5.74) is 3.52. The van der Waals surface area contributed by atoms with Crippen molar-refractivity contribution in [3.8, 4) is 0 Å². The summed E-state index contributed by atoms with van der Waals surface area (Å²) in [6, 6.07) is 0. The second kappa shape index (κ2) is 6.73. The van der Waals surface area contributed by atoms with Gasteiger partial charge in [0.1, 0.15) is 0 Å². The number of rotatable bonds is 5. The Kier molecular flexibility index (Phi) is 4.99. The summed E-state index contributed by atoms with van der Waals surface area (Å²) in [5, 5.41) is 7.22. The molecule has 1 unspecified atom stereocenters. The molecule has 1 aromatic rings. The van der Waals surface area contributed by atoms with Crippen LogP contribution in [0.1, 0.15) is 42.6 Å². The van der Waals surface area contributed by atoms with Crippen molar-refractivity contribution < 1.29 is 4.79 Å². The lowest BCUT2D eigenvalue weighted by Gasteiger charge is -2.24. The van der Waals surface area contributed by atoms with Crippen LogP contribution in [-0.4, -0.2) is 34.6 Å². The van der Waals surface area contributed by atoms with Crippen LogP contribution in [0.2, 0.25) is 0 Å². The molecule has 1 amide bonds. The van der Waals surface area contributed by atoms with Gasteiger partial charge >= 0.3 is 0 Å². The third-order valence-electron chi connectivity index (χ3n) is 4.20. The van der Waals surface area contributed by atoms with E-state index in [0.717, 1.165) is 50.0 Å². The van der Waals surface area contributed by atoms with E-state index >= 15 is 0 Å². The van der Waals surface area contributed by atoms with Crippen molar-refractivity contribution in [2.75, 3.05) is 13.6 Å². The molecular weight excluding hydrogens is 250 g/mol. The number of hydrogen-bond donors (Lipinski definition) is 1. The van der Waals surface area contributed by atoms with Crippen LogP contribution >= 0.6 is 0 Å². The fraction of sp³-hybridized carbons (Fsp3) is 0.625. The minimum absolute atomic E-state index is 0.197. The van der Waals surface area contributed by atoms with Crippen molar-refractivity contribution in [2.45, 2.75) is 46.0 Å². The van der Waals surface area contributed by atoms with Crippen molar-refractivity contribution in [3.63, 3.8) is 0 Å². The quantitative estimate of drug-likeness (QED) is 0.840. The maximum atomic E-state index is 12.3. The molecule has 4 heteroatoms. The number of hydrogen-bond acceptors (Lipinski definition) is 2. The Hall–Kier alpha value is -1.58. The van der Waals surface area contributed by atoms with Gasteiger partial charge in [0, 0.05) is 25.2 Å². The first-order chi connectivity index (χ1) is 9.59. The largest absolute Gasteiger partial charge is 0.346 e. The maximum absolute atomic E-state index is 12.3. The smallest absolute Gasteiger partial charge is 0.225 e. The highest BCUT2D eigenvalue weighted by atomic mass is 16.2. The lowest BCUT2D eigenvalue weighted by Crippen LogP contribution is -2.34. The highest BCUT2D eigenvalue weighted by Gasteiger charge is 2.21. The lowest BCUT2D eigenvalue weighted by molar-refractivity contribution is -0.134. The summed E-state index contributed by atoms with van der Waals surface area (Å²) >= 11 is 0. The summed E-state index contributed by atoms with van der Waals surface area (Å²) < 4.78 is 0. The predicted octanol–water partition coefficient (Wildman–Crippen LogP) is 2.77. The Balaban J connectivity index is 1.79. The molecule has 20 heavy (non-hydrogen) atoms. The molecule has 1 heterocycles. The lowest BCUT2D eigenvalue weighted by atomic mass is 9.93.